The predicted octanol–water partition coefficient (Wildman–Crippen LogP) is 1.31. The lowest BCUT2D eigenvalue weighted by molar-refractivity contribution is 0.0307. The lowest BCUT2D eigenvalue weighted by atomic mass is 10.1. The summed E-state index contributed by atoms with van der Waals surface area (Å²) in [4.78, 5) is 0. The van der Waals surface area contributed by atoms with E-state index in [9.17, 15) is 0 Å². The molecule has 0 amide bonds. The fourth-order valence-corrected chi connectivity index (χ4v) is 1.80. The molecule has 1 aliphatic carbocycles. The van der Waals surface area contributed by atoms with Crippen LogP contribution in [-0.2, 0) is 4.74 Å². The summed E-state index contributed by atoms with van der Waals surface area (Å²) >= 11 is 0. The van der Waals surface area contributed by atoms with Gasteiger partial charge in [-0.2, -0.15) is 0 Å². The Morgan fingerprint density at radius 3 is 2.45 bits per heavy atom. The Hall–Kier alpha value is -0.0800. The zero-order chi connectivity index (χ0) is 7.52. The summed E-state index contributed by atoms with van der Waals surface area (Å²) < 4.78 is 5.74. The summed E-state index contributed by atoms with van der Waals surface area (Å²) in [6.45, 7) is 2.14. The van der Waals surface area contributed by atoms with E-state index in [-0.39, 0.29) is 0 Å². The van der Waals surface area contributed by atoms with E-state index in [0.29, 0.717) is 12.1 Å². The summed E-state index contributed by atoms with van der Waals surface area (Å²) in [6, 6.07) is 0.676. The molecule has 0 spiro atoms. The topological polar surface area (TPSA) is 21.3 Å². The zero-order valence-corrected chi connectivity index (χ0v) is 7.01. The second-order valence-electron chi connectivity index (χ2n) is 3.68. The lowest BCUT2D eigenvalue weighted by Gasteiger charge is -2.28. The first-order valence-corrected chi connectivity index (χ1v) is 4.80. The van der Waals surface area contributed by atoms with Crippen molar-refractivity contribution in [2.45, 2.75) is 44.2 Å². The van der Waals surface area contributed by atoms with Gasteiger partial charge < -0.3 is 10.1 Å². The standard InChI is InChI=1S/C9H17NO/c1-2-4-9(3-1)11-7-8-5-6-10-8/h8-10H,1-7H2. The fourth-order valence-electron chi connectivity index (χ4n) is 1.80. The second kappa shape index (κ2) is 3.55. The van der Waals surface area contributed by atoms with Crippen molar-refractivity contribution in [2.75, 3.05) is 13.2 Å². The number of nitrogens with one attached hydrogen (secondary N) is 1. The third-order valence-electron chi connectivity index (χ3n) is 2.76. The number of hydrogen-bond donors (Lipinski definition) is 1. The highest BCUT2D eigenvalue weighted by Crippen LogP contribution is 2.21. The lowest BCUT2D eigenvalue weighted by Crippen LogP contribution is -2.46. The van der Waals surface area contributed by atoms with Crippen LogP contribution < -0.4 is 5.32 Å². The third kappa shape index (κ3) is 1.94. The monoisotopic (exact) mass is 155 g/mol. The van der Waals surface area contributed by atoms with Crippen LogP contribution in [0.4, 0.5) is 0 Å². The van der Waals surface area contributed by atoms with Crippen molar-refractivity contribution in [3.63, 3.8) is 0 Å². The van der Waals surface area contributed by atoms with Crippen molar-refractivity contribution >= 4 is 0 Å². The van der Waals surface area contributed by atoms with E-state index in [0.717, 1.165) is 6.61 Å². The van der Waals surface area contributed by atoms with Gasteiger partial charge in [-0.3, -0.25) is 0 Å². The Labute approximate surface area is 68.3 Å². The Balaban J connectivity index is 1.57. The van der Waals surface area contributed by atoms with Gasteiger partial charge in [0.2, 0.25) is 0 Å². The van der Waals surface area contributed by atoms with Crippen molar-refractivity contribution in [2.24, 2.45) is 0 Å². The average molecular weight is 155 g/mol. The van der Waals surface area contributed by atoms with E-state index in [4.69, 9.17) is 4.74 Å². The maximum absolute atomic E-state index is 5.74. The molecule has 0 aromatic heterocycles. The first-order chi connectivity index (χ1) is 5.45. The van der Waals surface area contributed by atoms with Gasteiger partial charge in [0.15, 0.2) is 0 Å². The van der Waals surface area contributed by atoms with Crippen molar-refractivity contribution in [1.29, 1.82) is 0 Å². The molecule has 2 heteroatoms. The highest BCUT2D eigenvalue weighted by Gasteiger charge is 2.20. The van der Waals surface area contributed by atoms with Crippen LogP contribution in [0, 0.1) is 0 Å². The van der Waals surface area contributed by atoms with E-state index in [1.165, 1.54) is 38.6 Å². The molecular formula is C9H17NO. The molecule has 1 saturated heterocycles. The van der Waals surface area contributed by atoms with Crippen molar-refractivity contribution in [3.8, 4) is 0 Å². The molecule has 0 radical (unpaired) electrons. The van der Waals surface area contributed by atoms with Gasteiger partial charge in [-0.15, -0.1) is 0 Å². The van der Waals surface area contributed by atoms with Gasteiger partial charge in [-0.25, -0.2) is 0 Å². The Morgan fingerprint density at radius 2 is 1.91 bits per heavy atom. The quantitative estimate of drug-likeness (QED) is 0.663. The summed E-state index contributed by atoms with van der Waals surface area (Å²) in [5.74, 6) is 0. The first-order valence-electron chi connectivity index (χ1n) is 4.80. The Morgan fingerprint density at radius 1 is 1.18 bits per heavy atom. The molecule has 2 rings (SSSR count). The van der Waals surface area contributed by atoms with Gasteiger partial charge in [0.1, 0.15) is 0 Å². The molecule has 64 valence electrons. The second-order valence-corrected chi connectivity index (χ2v) is 3.68. The minimum atomic E-state index is 0.595. The molecule has 1 heterocycles. The third-order valence-corrected chi connectivity index (χ3v) is 2.76. The van der Waals surface area contributed by atoms with Gasteiger partial charge in [0, 0.05) is 6.04 Å². The highest BCUT2D eigenvalue weighted by atomic mass is 16.5. The van der Waals surface area contributed by atoms with Crippen LogP contribution >= 0.6 is 0 Å². The van der Waals surface area contributed by atoms with Gasteiger partial charge in [0.25, 0.3) is 0 Å². The first kappa shape index (κ1) is 7.56. The van der Waals surface area contributed by atoms with Crippen LogP contribution in [-0.4, -0.2) is 25.3 Å². The molecular weight excluding hydrogens is 138 g/mol. The minimum Gasteiger partial charge on any atom is -0.377 e. The molecule has 0 aromatic rings. The minimum absolute atomic E-state index is 0.595. The van der Waals surface area contributed by atoms with Crippen molar-refractivity contribution < 1.29 is 4.74 Å². The molecule has 2 aliphatic rings. The maximum Gasteiger partial charge on any atom is 0.0623 e. The molecule has 11 heavy (non-hydrogen) atoms. The molecule has 0 bridgehead atoms. The van der Waals surface area contributed by atoms with Crippen LogP contribution in [0.1, 0.15) is 32.1 Å². The normalized spacial score (nSPS) is 32.2. The van der Waals surface area contributed by atoms with E-state index in [1.54, 1.807) is 0 Å². The Kier molecular flexibility index (Phi) is 2.44. The zero-order valence-electron chi connectivity index (χ0n) is 7.01. The maximum atomic E-state index is 5.74. The van der Waals surface area contributed by atoms with Crippen molar-refractivity contribution in [3.05, 3.63) is 0 Å². The van der Waals surface area contributed by atoms with Crippen LogP contribution in [0.2, 0.25) is 0 Å². The molecule has 1 saturated carbocycles. The number of ether oxygens (including phenoxy) is 1. The molecule has 2 fully saturated rings. The van der Waals surface area contributed by atoms with Crippen LogP contribution in [0.15, 0.2) is 0 Å². The molecule has 1 N–H and O–H groups in total. The van der Waals surface area contributed by atoms with Gasteiger partial charge >= 0.3 is 0 Å². The van der Waals surface area contributed by atoms with E-state index < -0.39 is 0 Å². The number of hydrogen-bond acceptors (Lipinski definition) is 2. The largest absolute Gasteiger partial charge is 0.377 e. The molecule has 2 nitrogen and oxygen atoms in total. The molecule has 0 aromatic carbocycles. The van der Waals surface area contributed by atoms with Crippen LogP contribution in [0.25, 0.3) is 0 Å². The van der Waals surface area contributed by atoms with E-state index in [2.05, 4.69) is 5.32 Å². The molecule has 1 aliphatic heterocycles. The van der Waals surface area contributed by atoms with Gasteiger partial charge in [0.05, 0.1) is 12.7 Å². The van der Waals surface area contributed by atoms with Crippen LogP contribution in [0.3, 0.4) is 0 Å². The van der Waals surface area contributed by atoms with Crippen molar-refractivity contribution in [1.82, 2.24) is 5.32 Å². The fraction of sp³-hybridized carbons (Fsp3) is 1.00. The Bertz CT molecular complexity index is 117. The summed E-state index contributed by atoms with van der Waals surface area (Å²) in [5, 5.41) is 3.34. The molecule has 1 unspecified atom stereocenters. The van der Waals surface area contributed by atoms with E-state index >= 15 is 0 Å². The van der Waals surface area contributed by atoms with E-state index in [1.807, 2.05) is 0 Å². The summed E-state index contributed by atoms with van der Waals surface area (Å²) in [7, 11) is 0. The number of rotatable bonds is 3. The average Bonchev–Trinajstić information content (AvgIpc) is 2.36. The van der Waals surface area contributed by atoms with Crippen LogP contribution in [0.5, 0.6) is 0 Å². The highest BCUT2D eigenvalue weighted by molar-refractivity contribution is 4.78. The van der Waals surface area contributed by atoms with Gasteiger partial charge in [-0.05, 0) is 25.8 Å². The summed E-state index contributed by atoms with van der Waals surface area (Å²) in [5.41, 5.74) is 0. The SMILES string of the molecule is C1CCC(OCC2CCN2)C1. The molecule has 1 atom stereocenters. The summed E-state index contributed by atoms with van der Waals surface area (Å²) in [6.07, 6.45) is 7.26. The predicted molar refractivity (Wildman–Crippen MR) is 44.6 cm³/mol. The van der Waals surface area contributed by atoms with Gasteiger partial charge in [-0.1, -0.05) is 12.8 Å². The smallest absolute Gasteiger partial charge is 0.0623 e.